The zero-order chi connectivity index (χ0) is 18.7. The van der Waals surface area contributed by atoms with Crippen LogP contribution >= 0.6 is 11.6 Å². The fourth-order valence-electron chi connectivity index (χ4n) is 2.70. The molecule has 1 aliphatic heterocycles. The number of amides is 1. The predicted octanol–water partition coefficient (Wildman–Crippen LogP) is 3.47. The van der Waals surface area contributed by atoms with Gasteiger partial charge in [0.25, 0.3) is 5.69 Å². The molecule has 0 spiro atoms. The maximum Gasteiger partial charge on any atom is 0.269 e. The van der Waals surface area contributed by atoms with Gasteiger partial charge in [-0.05, 0) is 41.8 Å². The van der Waals surface area contributed by atoms with E-state index < -0.39 is 4.92 Å². The number of halogens is 1. The van der Waals surface area contributed by atoms with Crippen molar-refractivity contribution in [2.24, 2.45) is 0 Å². The molecule has 2 aromatic carbocycles. The SMILES string of the molecule is CC(=O)NCC1=CNN(c2ccc([N+](=O)[O-])cc2)c2cc(Cl)ccc2C1. The van der Waals surface area contributed by atoms with E-state index in [0.29, 0.717) is 18.0 Å². The van der Waals surface area contributed by atoms with E-state index in [9.17, 15) is 14.9 Å². The fraction of sp³-hybridized carbons (Fsp3) is 0.167. The van der Waals surface area contributed by atoms with Gasteiger partial charge in [0.05, 0.1) is 16.3 Å². The van der Waals surface area contributed by atoms with E-state index in [1.54, 1.807) is 12.1 Å². The summed E-state index contributed by atoms with van der Waals surface area (Å²) in [5.74, 6) is -0.0984. The number of carbonyl (C=O) groups excluding carboxylic acids is 1. The molecule has 0 saturated carbocycles. The molecule has 0 atom stereocenters. The molecule has 0 aromatic heterocycles. The van der Waals surface area contributed by atoms with E-state index in [1.807, 2.05) is 29.4 Å². The third-order valence-corrected chi connectivity index (χ3v) is 4.22. The van der Waals surface area contributed by atoms with Crippen LogP contribution in [-0.4, -0.2) is 17.4 Å². The van der Waals surface area contributed by atoms with Crippen LogP contribution in [0, 0.1) is 10.1 Å². The summed E-state index contributed by atoms with van der Waals surface area (Å²) in [7, 11) is 0. The van der Waals surface area contributed by atoms with Gasteiger partial charge < -0.3 is 10.7 Å². The van der Waals surface area contributed by atoms with Crippen LogP contribution in [0.4, 0.5) is 17.1 Å². The summed E-state index contributed by atoms with van der Waals surface area (Å²) >= 11 is 6.17. The Hall–Kier alpha value is -3.06. The minimum absolute atomic E-state index is 0.0248. The number of nitrogens with one attached hydrogen (secondary N) is 2. The molecule has 1 aliphatic rings. The van der Waals surface area contributed by atoms with E-state index >= 15 is 0 Å². The van der Waals surface area contributed by atoms with Gasteiger partial charge in [0.2, 0.25) is 5.91 Å². The lowest BCUT2D eigenvalue weighted by Gasteiger charge is -2.25. The first-order valence-corrected chi connectivity index (χ1v) is 8.33. The van der Waals surface area contributed by atoms with Gasteiger partial charge in [-0.1, -0.05) is 17.7 Å². The van der Waals surface area contributed by atoms with Crippen molar-refractivity contribution in [2.75, 3.05) is 11.6 Å². The van der Waals surface area contributed by atoms with Crippen LogP contribution in [0.15, 0.2) is 54.2 Å². The highest BCUT2D eigenvalue weighted by molar-refractivity contribution is 6.30. The summed E-state index contributed by atoms with van der Waals surface area (Å²) in [5, 5.41) is 16.1. The van der Waals surface area contributed by atoms with Crippen molar-refractivity contribution < 1.29 is 9.72 Å². The van der Waals surface area contributed by atoms with Gasteiger partial charge in [-0.2, -0.15) is 0 Å². The average molecular weight is 373 g/mol. The third-order valence-electron chi connectivity index (χ3n) is 3.99. The number of hydrogen-bond acceptors (Lipinski definition) is 5. The first-order chi connectivity index (χ1) is 12.4. The Morgan fingerprint density at radius 1 is 1.31 bits per heavy atom. The van der Waals surface area contributed by atoms with E-state index in [-0.39, 0.29) is 11.6 Å². The van der Waals surface area contributed by atoms with Crippen LogP contribution < -0.4 is 15.8 Å². The molecular weight excluding hydrogens is 356 g/mol. The van der Waals surface area contributed by atoms with Gasteiger partial charge in [0.1, 0.15) is 0 Å². The summed E-state index contributed by atoms with van der Waals surface area (Å²) in [6.07, 6.45) is 2.47. The Morgan fingerprint density at radius 2 is 2.04 bits per heavy atom. The number of anilines is 2. The number of rotatable bonds is 4. The molecule has 8 heteroatoms. The monoisotopic (exact) mass is 372 g/mol. The zero-order valence-electron chi connectivity index (χ0n) is 14.0. The first kappa shape index (κ1) is 17.8. The summed E-state index contributed by atoms with van der Waals surface area (Å²) < 4.78 is 0. The maximum absolute atomic E-state index is 11.2. The number of nitro groups is 1. The van der Waals surface area contributed by atoms with Crippen molar-refractivity contribution in [3.05, 3.63) is 74.9 Å². The van der Waals surface area contributed by atoms with Gasteiger partial charge in [-0.25, -0.2) is 0 Å². The molecule has 2 N–H and O–H groups in total. The Kier molecular flexibility index (Phi) is 5.09. The summed E-state index contributed by atoms with van der Waals surface area (Å²) in [6, 6.07) is 11.8. The lowest BCUT2D eigenvalue weighted by Crippen LogP contribution is -2.29. The molecule has 2 aromatic rings. The smallest absolute Gasteiger partial charge is 0.269 e. The molecule has 26 heavy (non-hydrogen) atoms. The van der Waals surface area contributed by atoms with Crippen LogP contribution in [0.3, 0.4) is 0 Å². The number of carbonyl (C=O) groups is 1. The lowest BCUT2D eigenvalue weighted by atomic mass is 10.0. The van der Waals surface area contributed by atoms with E-state index in [0.717, 1.165) is 22.5 Å². The van der Waals surface area contributed by atoms with Gasteiger partial charge in [0, 0.05) is 36.8 Å². The molecular formula is C18H17ClN4O3. The molecule has 134 valence electrons. The number of hydrogen-bond donors (Lipinski definition) is 2. The molecule has 0 fully saturated rings. The number of nitro benzene ring substituents is 1. The predicted molar refractivity (Wildman–Crippen MR) is 100 cm³/mol. The van der Waals surface area contributed by atoms with Crippen LogP contribution in [0.5, 0.6) is 0 Å². The minimum atomic E-state index is -0.435. The molecule has 0 saturated heterocycles. The second kappa shape index (κ2) is 7.45. The summed E-state index contributed by atoms with van der Waals surface area (Å²) in [5.41, 5.74) is 6.82. The van der Waals surface area contributed by atoms with Gasteiger partial charge in [-0.15, -0.1) is 0 Å². The van der Waals surface area contributed by atoms with Crippen molar-refractivity contribution in [1.29, 1.82) is 0 Å². The molecule has 0 bridgehead atoms. The van der Waals surface area contributed by atoms with E-state index in [4.69, 9.17) is 11.6 Å². The Bertz CT molecular complexity index is 881. The largest absolute Gasteiger partial charge is 0.353 e. The molecule has 1 amide bonds. The Balaban J connectivity index is 1.97. The third kappa shape index (κ3) is 3.94. The highest BCUT2D eigenvalue weighted by Gasteiger charge is 2.19. The van der Waals surface area contributed by atoms with Gasteiger partial charge in [0.15, 0.2) is 0 Å². The Morgan fingerprint density at radius 3 is 2.69 bits per heavy atom. The van der Waals surface area contributed by atoms with Crippen molar-refractivity contribution in [3.8, 4) is 0 Å². The number of hydrazine groups is 1. The second-order valence-electron chi connectivity index (χ2n) is 5.90. The quantitative estimate of drug-likeness (QED) is 0.633. The van der Waals surface area contributed by atoms with E-state index in [1.165, 1.54) is 19.1 Å². The molecule has 3 rings (SSSR count). The second-order valence-corrected chi connectivity index (χ2v) is 6.34. The standard InChI is InChI=1S/C18H17ClN4O3/c1-12(24)20-10-13-8-14-2-3-15(19)9-18(14)22(21-11-13)16-4-6-17(7-5-16)23(25)26/h2-7,9,11,21H,8,10H2,1H3,(H,20,24). The Labute approximate surface area is 155 Å². The fourth-order valence-corrected chi connectivity index (χ4v) is 2.87. The van der Waals surface area contributed by atoms with Gasteiger partial charge >= 0.3 is 0 Å². The number of fused-ring (bicyclic) bond motifs is 1. The molecule has 0 radical (unpaired) electrons. The summed E-state index contributed by atoms with van der Waals surface area (Å²) in [6.45, 7) is 1.90. The van der Waals surface area contributed by atoms with Crippen molar-refractivity contribution >= 4 is 34.6 Å². The van der Waals surface area contributed by atoms with Crippen LogP contribution in [-0.2, 0) is 11.2 Å². The highest BCUT2D eigenvalue weighted by Crippen LogP contribution is 2.33. The van der Waals surface area contributed by atoms with Crippen molar-refractivity contribution in [2.45, 2.75) is 13.3 Å². The number of nitrogens with zero attached hydrogens (tertiary/aromatic N) is 2. The topological polar surface area (TPSA) is 87.5 Å². The molecule has 0 aliphatic carbocycles. The first-order valence-electron chi connectivity index (χ1n) is 7.95. The van der Waals surface area contributed by atoms with Crippen molar-refractivity contribution in [1.82, 2.24) is 10.7 Å². The van der Waals surface area contributed by atoms with Crippen LogP contribution in [0.25, 0.3) is 0 Å². The average Bonchev–Trinajstić information content (AvgIpc) is 2.79. The molecule has 0 unspecified atom stereocenters. The van der Waals surface area contributed by atoms with Crippen molar-refractivity contribution in [3.63, 3.8) is 0 Å². The molecule has 7 nitrogen and oxygen atoms in total. The maximum atomic E-state index is 11.2. The summed E-state index contributed by atoms with van der Waals surface area (Å²) in [4.78, 5) is 21.6. The highest BCUT2D eigenvalue weighted by atomic mass is 35.5. The normalized spacial score (nSPS) is 13.2. The number of benzene rings is 2. The van der Waals surface area contributed by atoms with Crippen LogP contribution in [0.2, 0.25) is 5.02 Å². The van der Waals surface area contributed by atoms with Gasteiger partial charge in [-0.3, -0.25) is 19.9 Å². The molecule has 1 heterocycles. The lowest BCUT2D eigenvalue weighted by molar-refractivity contribution is -0.384. The minimum Gasteiger partial charge on any atom is -0.353 e. The van der Waals surface area contributed by atoms with Crippen LogP contribution in [0.1, 0.15) is 12.5 Å². The van der Waals surface area contributed by atoms with E-state index in [2.05, 4.69) is 10.7 Å². The number of non-ortho nitro benzene ring substituents is 1. The zero-order valence-corrected chi connectivity index (χ0v) is 14.8.